The van der Waals surface area contributed by atoms with Gasteiger partial charge < -0.3 is 19.4 Å². The Labute approximate surface area is 183 Å². The maximum atomic E-state index is 13.0. The van der Waals surface area contributed by atoms with Gasteiger partial charge in [-0.1, -0.05) is 12.1 Å². The number of hydrogen-bond acceptors (Lipinski definition) is 4. The number of anilines is 2. The molecule has 0 spiro atoms. The van der Waals surface area contributed by atoms with Gasteiger partial charge in [-0.2, -0.15) is 0 Å². The minimum Gasteiger partial charge on any atom is -0.494 e. The van der Waals surface area contributed by atoms with Crippen molar-refractivity contribution in [3.05, 3.63) is 53.8 Å². The van der Waals surface area contributed by atoms with Crippen LogP contribution in [-0.4, -0.2) is 55.7 Å². The average molecular weight is 424 g/mol. The predicted octanol–water partition coefficient (Wildman–Crippen LogP) is 4.03. The normalized spacial score (nSPS) is 22.6. The molecule has 0 aliphatic carbocycles. The quantitative estimate of drug-likeness (QED) is 0.658. The molecule has 1 saturated heterocycles. The SMILES string of the molecule is CC(C)N1C(=O)CN2c3c(cccc31)[C@@H]1CN(CCCOc3ccc(F)cc3)CC[C@@H]12. The molecule has 0 bridgehead atoms. The number of ether oxygens (including phenoxy) is 1. The van der Waals surface area contributed by atoms with Crippen LogP contribution in [0.5, 0.6) is 5.75 Å². The van der Waals surface area contributed by atoms with Crippen LogP contribution in [0.15, 0.2) is 42.5 Å². The summed E-state index contributed by atoms with van der Waals surface area (Å²) in [5.74, 6) is 1.12. The lowest BCUT2D eigenvalue weighted by atomic mass is 9.89. The first-order valence-electron chi connectivity index (χ1n) is 11.4. The van der Waals surface area contributed by atoms with Crippen LogP contribution in [0.25, 0.3) is 0 Å². The van der Waals surface area contributed by atoms with E-state index in [2.05, 4.69) is 41.8 Å². The van der Waals surface area contributed by atoms with Gasteiger partial charge in [0.2, 0.25) is 5.91 Å². The molecule has 3 aliphatic heterocycles. The monoisotopic (exact) mass is 423 g/mol. The highest BCUT2D eigenvalue weighted by atomic mass is 19.1. The first-order chi connectivity index (χ1) is 15.0. The van der Waals surface area contributed by atoms with Crippen LogP contribution in [0.4, 0.5) is 15.8 Å². The number of likely N-dealkylation sites (tertiary alicyclic amines) is 1. The van der Waals surface area contributed by atoms with Crippen molar-refractivity contribution in [2.24, 2.45) is 0 Å². The Morgan fingerprint density at radius 1 is 1.16 bits per heavy atom. The molecule has 2 atom stereocenters. The molecule has 1 fully saturated rings. The summed E-state index contributed by atoms with van der Waals surface area (Å²) in [6.45, 7) is 8.34. The highest BCUT2D eigenvalue weighted by molar-refractivity contribution is 6.05. The highest BCUT2D eigenvalue weighted by Gasteiger charge is 2.47. The third kappa shape index (κ3) is 3.67. The van der Waals surface area contributed by atoms with E-state index >= 15 is 0 Å². The molecule has 0 unspecified atom stereocenters. The molecular formula is C25H30FN3O2. The van der Waals surface area contributed by atoms with E-state index in [0.717, 1.165) is 38.2 Å². The van der Waals surface area contributed by atoms with Crippen LogP contribution >= 0.6 is 0 Å². The number of carbonyl (C=O) groups excluding carboxylic acids is 1. The number of benzene rings is 2. The fraction of sp³-hybridized carbons (Fsp3) is 0.480. The zero-order valence-electron chi connectivity index (χ0n) is 18.3. The smallest absolute Gasteiger partial charge is 0.246 e. The lowest BCUT2D eigenvalue weighted by Gasteiger charge is -2.42. The molecule has 0 radical (unpaired) electrons. The molecule has 3 aliphatic rings. The molecule has 6 heteroatoms. The van der Waals surface area contributed by atoms with Crippen molar-refractivity contribution < 1.29 is 13.9 Å². The molecule has 1 amide bonds. The van der Waals surface area contributed by atoms with Gasteiger partial charge in [-0.3, -0.25) is 4.79 Å². The molecule has 0 aromatic heterocycles. The second-order valence-electron chi connectivity index (χ2n) is 9.12. The number of rotatable bonds is 6. The van der Waals surface area contributed by atoms with E-state index in [1.807, 2.05) is 4.90 Å². The summed E-state index contributed by atoms with van der Waals surface area (Å²) >= 11 is 0. The Morgan fingerprint density at radius 3 is 2.74 bits per heavy atom. The van der Waals surface area contributed by atoms with Gasteiger partial charge in [0.15, 0.2) is 0 Å². The van der Waals surface area contributed by atoms with Gasteiger partial charge in [0.05, 0.1) is 24.5 Å². The number of nitrogens with zero attached hydrogens (tertiary/aromatic N) is 3. The van der Waals surface area contributed by atoms with Gasteiger partial charge in [0, 0.05) is 37.6 Å². The van der Waals surface area contributed by atoms with Crippen LogP contribution < -0.4 is 14.5 Å². The lowest BCUT2D eigenvalue weighted by molar-refractivity contribution is -0.118. The maximum absolute atomic E-state index is 13.0. The van der Waals surface area contributed by atoms with Crippen molar-refractivity contribution in [1.29, 1.82) is 0 Å². The van der Waals surface area contributed by atoms with Gasteiger partial charge in [0.1, 0.15) is 11.6 Å². The summed E-state index contributed by atoms with van der Waals surface area (Å²) in [4.78, 5) is 19.8. The van der Waals surface area contributed by atoms with E-state index in [-0.39, 0.29) is 17.8 Å². The van der Waals surface area contributed by atoms with E-state index < -0.39 is 0 Å². The molecule has 5 nitrogen and oxygen atoms in total. The van der Waals surface area contributed by atoms with Gasteiger partial charge in [-0.15, -0.1) is 0 Å². The number of fused-ring (bicyclic) bond motifs is 3. The number of carbonyl (C=O) groups is 1. The summed E-state index contributed by atoms with van der Waals surface area (Å²) < 4.78 is 18.8. The second-order valence-corrected chi connectivity index (χ2v) is 9.12. The van der Waals surface area contributed by atoms with Crippen molar-refractivity contribution >= 4 is 17.3 Å². The largest absolute Gasteiger partial charge is 0.494 e. The van der Waals surface area contributed by atoms with Gasteiger partial charge in [0.25, 0.3) is 0 Å². The molecule has 5 rings (SSSR count). The van der Waals surface area contributed by atoms with E-state index in [4.69, 9.17) is 4.74 Å². The molecule has 0 saturated carbocycles. The van der Waals surface area contributed by atoms with Crippen LogP contribution in [0.1, 0.15) is 38.2 Å². The average Bonchev–Trinajstić information content (AvgIpc) is 3.06. The van der Waals surface area contributed by atoms with Crippen molar-refractivity contribution in [3.8, 4) is 5.75 Å². The number of para-hydroxylation sites is 1. The second kappa shape index (κ2) is 8.15. The third-order valence-electron chi connectivity index (χ3n) is 6.84. The number of hydrogen-bond donors (Lipinski definition) is 0. The summed E-state index contributed by atoms with van der Waals surface area (Å²) in [6.07, 6.45) is 2.01. The molecule has 2 aromatic rings. The highest BCUT2D eigenvalue weighted by Crippen LogP contribution is 2.51. The number of halogens is 1. The van der Waals surface area contributed by atoms with Gasteiger partial charge in [-0.05, 0) is 62.6 Å². The van der Waals surface area contributed by atoms with Gasteiger partial charge in [-0.25, -0.2) is 4.39 Å². The predicted molar refractivity (Wildman–Crippen MR) is 121 cm³/mol. The Morgan fingerprint density at radius 2 is 1.97 bits per heavy atom. The summed E-state index contributed by atoms with van der Waals surface area (Å²) in [6, 6.07) is 13.2. The Bertz CT molecular complexity index is 962. The number of amides is 1. The summed E-state index contributed by atoms with van der Waals surface area (Å²) in [5, 5.41) is 0. The van der Waals surface area contributed by atoms with Gasteiger partial charge >= 0.3 is 0 Å². The topological polar surface area (TPSA) is 36.0 Å². The van der Waals surface area contributed by atoms with E-state index in [9.17, 15) is 9.18 Å². The Hall–Kier alpha value is -2.60. The maximum Gasteiger partial charge on any atom is 0.246 e. The van der Waals surface area contributed by atoms with Crippen molar-refractivity contribution in [1.82, 2.24) is 4.90 Å². The van der Waals surface area contributed by atoms with Crippen LogP contribution in [-0.2, 0) is 4.79 Å². The first-order valence-corrected chi connectivity index (χ1v) is 11.4. The fourth-order valence-electron chi connectivity index (χ4n) is 5.54. The molecule has 3 heterocycles. The Kier molecular flexibility index (Phi) is 5.34. The summed E-state index contributed by atoms with van der Waals surface area (Å²) in [7, 11) is 0. The van der Waals surface area contributed by atoms with E-state index in [1.165, 1.54) is 23.4 Å². The van der Waals surface area contributed by atoms with Crippen molar-refractivity contribution in [2.75, 3.05) is 42.6 Å². The summed E-state index contributed by atoms with van der Waals surface area (Å²) in [5.41, 5.74) is 3.76. The van der Waals surface area contributed by atoms with Crippen LogP contribution in [0.2, 0.25) is 0 Å². The molecule has 2 aromatic carbocycles. The van der Waals surface area contributed by atoms with Crippen molar-refractivity contribution in [2.45, 2.75) is 44.7 Å². The molecular weight excluding hydrogens is 393 g/mol. The Balaban J connectivity index is 1.24. The van der Waals surface area contributed by atoms with Crippen molar-refractivity contribution in [3.63, 3.8) is 0 Å². The van der Waals surface area contributed by atoms with Crippen LogP contribution in [0.3, 0.4) is 0 Å². The lowest BCUT2D eigenvalue weighted by Crippen LogP contribution is -2.53. The molecule has 0 N–H and O–H groups in total. The standard InChI is InChI=1S/C25H30FN3O2/c1-17(2)29-23-6-3-5-20-21-15-27(12-4-14-31-19-9-7-18(26)8-10-19)13-11-22(21)28(25(20)23)16-24(29)30/h3,5-10,17,21-22H,4,11-16H2,1-2H3/t21-,22-/m0/s1. The van der Waals surface area contributed by atoms with Crippen LogP contribution in [0, 0.1) is 5.82 Å². The third-order valence-corrected chi connectivity index (χ3v) is 6.84. The molecule has 31 heavy (non-hydrogen) atoms. The zero-order chi connectivity index (χ0) is 21.5. The fourth-order valence-corrected chi connectivity index (χ4v) is 5.54. The zero-order valence-corrected chi connectivity index (χ0v) is 18.3. The number of piperidine rings is 1. The van der Waals surface area contributed by atoms with E-state index in [1.54, 1.807) is 12.1 Å². The molecule has 164 valence electrons. The first kappa shape index (κ1) is 20.3. The van der Waals surface area contributed by atoms with E-state index in [0.29, 0.717) is 30.9 Å². The minimum atomic E-state index is -0.244. The minimum absolute atomic E-state index is 0.168.